The molecule has 20 heavy (non-hydrogen) atoms. The Kier molecular flexibility index (Phi) is 4.78. The molecule has 1 aromatic rings. The monoisotopic (exact) mass is 335 g/mol. The maximum atomic E-state index is 12.2. The normalized spacial score (nSPS) is 18.2. The Morgan fingerprint density at radius 3 is 2.65 bits per heavy atom. The molecule has 0 unspecified atom stereocenters. The molecule has 8 heteroatoms. The van der Waals surface area contributed by atoms with E-state index in [9.17, 15) is 13.2 Å². The van der Waals surface area contributed by atoms with Gasteiger partial charge in [-0.1, -0.05) is 12.8 Å². The van der Waals surface area contributed by atoms with Crippen LogP contribution in [0.5, 0.6) is 0 Å². The molecule has 0 aromatic carbocycles. The van der Waals surface area contributed by atoms with E-state index >= 15 is 0 Å². The van der Waals surface area contributed by atoms with E-state index in [2.05, 4.69) is 4.72 Å². The first-order valence-electron chi connectivity index (χ1n) is 6.25. The smallest absolute Gasteiger partial charge is 0.345 e. The highest BCUT2D eigenvalue weighted by molar-refractivity contribution is 8.00. The van der Waals surface area contributed by atoms with Crippen LogP contribution < -0.4 is 4.72 Å². The van der Waals surface area contributed by atoms with Gasteiger partial charge in [-0.2, -0.15) is 11.8 Å². The lowest BCUT2D eigenvalue weighted by molar-refractivity contribution is 0.0702. The molecule has 1 fully saturated rings. The van der Waals surface area contributed by atoms with Crippen molar-refractivity contribution in [3.05, 3.63) is 16.3 Å². The van der Waals surface area contributed by atoms with Crippen LogP contribution in [0.25, 0.3) is 0 Å². The number of thioether (sulfide) groups is 1. The highest BCUT2D eigenvalue weighted by Crippen LogP contribution is 2.39. The summed E-state index contributed by atoms with van der Waals surface area (Å²) >= 11 is 2.63. The van der Waals surface area contributed by atoms with Crippen molar-refractivity contribution in [2.75, 3.05) is 12.8 Å². The van der Waals surface area contributed by atoms with Crippen molar-refractivity contribution in [3.8, 4) is 0 Å². The second-order valence-electron chi connectivity index (χ2n) is 4.87. The fourth-order valence-corrected chi connectivity index (χ4v) is 5.60. The lowest BCUT2D eigenvalue weighted by Gasteiger charge is -2.26. The SMILES string of the molecule is CSC1(CNS(=O)(=O)c2csc(C(=O)O)c2)CCCC1. The third-order valence-corrected chi connectivity index (χ3v) is 7.50. The number of nitrogens with one attached hydrogen (secondary N) is 1. The number of carboxylic acids is 1. The zero-order valence-corrected chi connectivity index (χ0v) is 13.5. The van der Waals surface area contributed by atoms with E-state index in [0.29, 0.717) is 6.54 Å². The number of aromatic carboxylic acids is 1. The van der Waals surface area contributed by atoms with Gasteiger partial charge < -0.3 is 5.11 Å². The van der Waals surface area contributed by atoms with Crippen LogP contribution in [-0.4, -0.2) is 37.0 Å². The van der Waals surface area contributed by atoms with Crippen LogP contribution in [0.2, 0.25) is 0 Å². The number of carboxylic acid groups (broad SMARTS) is 1. The van der Waals surface area contributed by atoms with Crippen molar-refractivity contribution < 1.29 is 18.3 Å². The van der Waals surface area contributed by atoms with E-state index in [1.165, 1.54) is 11.4 Å². The molecule has 0 saturated heterocycles. The quantitative estimate of drug-likeness (QED) is 0.834. The lowest BCUT2D eigenvalue weighted by atomic mass is 10.1. The molecule has 1 aromatic heterocycles. The Hall–Kier alpha value is -0.570. The topological polar surface area (TPSA) is 83.5 Å². The molecular formula is C12H17NO4S3. The minimum Gasteiger partial charge on any atom is -0.477 e. The summed E-state index contributed by atoms with van der Waals surface area (Å²) in [4.78, 5) is 10.9. The number of hydrogen-bond acceptors (Lipinski definition) is 5. The van der Waals surface area contributed by atoms with E-state index in [0.717, 1.165) is 37.0 Å². The summed E-state index contributed by atoms with van der Waals surface area (Å²) in [6, 6.07) is 1.20. The van der Waals surface area contributed by atoms with Crippen molar-refractivity contribution in [1.29, 1.82) is 0 Å². The summed E-state index contributed by atoms with van der Waals surface area (Å²) in [5, 5.41) is 10.2. The molecule has 1 aliphatic rings. The molecule has 0 spiro atoms. The summed E-state index contributed by atoms with van der Waals surface area (Å²) in [6.45, 7) is 0.398. The van der Waals surface area contributed by atoms with Gasteiger partial charge in [0.05, 0.1) is 4.90 Å². The van der Waals surface area contributed by atoms with E-state index in [1.807, 2.05) is 6.26 Å². The standard InChI is InChI=1S/C12H17NO4S3/c1-18-12(4-2-3-5-12)8-13-20(16,17)9-6-10(11(14)15)19-7-9/h6-7,13H,2-5,8H2,1H3,(H,14,15). The molecule has 0 amide bonds. The fourth-order valence-electron chi connectivity index (χ4n) is 2.35. The lowest BCUT2D eigenvalue weighted by Crippen LogP contribution is -2.38. The van der Waals surface area contributed by atoms with Crippen LogP contribution in [0.1, 0.15) is 35.4 Å². The van der Waals surface area contributed by atoms with Gasteiger partial charge in [-0.3, -0.25) is 0 Å². The van der Waals surface area contributed by atoms with Gasteiger partial charge in [-0.15, -0.1) is 11.3 Å². The van der Waals surface area contributed by atoms with Crippen molar-refractivity contribution >= 4 is 39.1 Å². The zero-order valence-electron chi connectivity index (χ0n) is 11.1. The fraction of sp³-hybridized carbons (Fsp3) is 0.583. The molecular weight excluding hydrogens is 318 g/mol. The van der Waals surface area contributed by atoms with Crippen molar-refractivity contribution in [1.82, 2.24) is 4.72 Å². The molecule has 112 valence electrons. The molecule has 2 N–H and O–H groups in total. The highest BCUT2D eigenvalue weighted by Gasteiger charge is 2.34. The summed E-state index contributed by atoms with van der Waals surface area (Å²) in [7, 11) is -3.62. The van der Waals surface area contributed by atoms with Crippen LogP contribution in [-0.2, 0) is 10.0 Å². The molecule has 0 radical (unpaired) electrons. The predicted molar refractivity (Wildman–Crippen MR) is 81.2 cm³/mol. The Bertz CT molecular complexity index is 588. The molecule has 0 atom stereocenters. The van der Waals surface area contributed by atoms with E-state index in [4.69, 9.17) is 5.11 Å². The van der Waals surface area contributed by atoms with Crippen molar-refractivity contribution in [2.45, 2.75) is 35.3 Å². The van der Waals surface area contributed by atoms with Crippen LogP contribution in [0.4, 0.5) is 0 Å². The third-order valence-electron chi connectivity index (χ3n) is 3.63. The minimum atomic E-state index is -3.62. The van der Waals surface area contributed by atoms with Gasteiger partial charge in [-0.25, -0.2) is 17.9 Å². The Morgan fingerprint density at radius 1 is 1.50 bits per heavy atom. The van der Waals surface area contributed by atoms with Crippen LogP contribution in [0.3, 0.4) is 0 Å². The van der Waals surface area contributed by atoms with Crippen molar-refractivity contribution in [2.24, 2.45) is 0 Å². The van der Waals surface area contributed by atoms with E-state index in [-0.39, 0.29) is 14.5 Å². The molecule has 2 rings (SSSR count). The number of hydrogen-bond donors (Lipinski definition) is 2. The molecule has 0 aliphatic heterocycles. The predicted octanol–water partition coefficient (Wildman–Crippen LogP) is 2.40. The number of thiophene rings is 1. The average Bonchev–Trinajstić information content (AvgIpc) is 3.07. The first kappa shape index (κ1) is 15.8. The summed E-state index contributed by atoms with van der Waals surface area (Å²) in [6.07, 6.45) is 6.29. The minimum absolute atomic E-state index is 0.0152. The van der Waals surface area contributed by atoms with Gasteiger partial charge >= 0.3 is 5.97 Å². The summed E-state index contributed by atoms with van der Waals surface area (Å²) < 4.78 is 27.0. The van der Waals surface area contributed by atoms with Gasteiger partial charge in [0.1, 0.15) is 4.88 Å². The largest absolute Gasteiger partial charge is 0.477 e. The van der Waals surface area contributed by atoms with E-state index in [1.54, 1.807) is 11.8 Å². The second kappa shape index (κ2) is 6.05. The summed E-state index contributed by atoms with van der Waals surface area (Å²) in [5.74, 6) is -1.10. The second-order valence-corrected chi connectivity index (χ2v) is 8.82. The third kappa shape index (κ3) is 3.36. The van der Waals surface area contributed by atoms with Gasteiger partial charge in [0, 0.05) is 16.7 Å². The van der Waals surface area contributed by atoms with Crippen LogP contribution in [0.15, 0.2) is 16.3 Å². The number of rotatable bonds is 6. The maximum Gasteiger partial charge on any atom is 0.345 e. The molecule has 1 saturated carbocycles. The first-order valence-corrected chi connectivity index (χ1v) is 9.84. The summed E-state index contributed by atoms with van der Waals surface area (Å²) in [5.41, 5.74) is 0. The van der Waals surface area contributed by atoms with Gasteiger partial charge in [0.2, 0.25) is 10.0 Å². The average molecular weight is 335 g/mol. The first-order chi connectivity index (χ1) is 9.38. The van der Waals surface area contributed by atoms with Crippen LogP contribution >= 0.6 is 23.1 Å². The Labute approximate surface area is 126 Å². The maximum absolute atomic E-state index is 12.2. The molecule has 5 nitrogen and oxygen atoms in total. The van der Waals surface area contributed by atoms with Gasteiger partial charge in [0.15, 0.2) is 0 Å². The Balaban J connectivity index is 2.08. The zero-order chi connectivity index (χ0) is 14.8. The highest BCUT2D eigenvalue weighted by atomic mass is 32.2. The van der Waals surface area contributed by atoms with Gasteiger partial charge in [0.25, 0.3) is 0 Å². The van der Waals surface area contributed by atoms with Gasteiger partial charge in [-0.05, 0) is 25.2 Å². The molecule has 0 bridgehead atoms. The number of carbonyl (C=O) groups is 1. The van der Waals surface area contributed by atoms with Crippen LogP contribution in [0, 0.1) is 0 Å². The molecule has 1 heterocycles. The number of sulfonamides is 1. The van der Waals surface area contributed by atoms with Crippen molar-refractivity contribution in [3.63, 3.8) is 0 Å². The Morgan fingerprint density at radius 2 is 2.15 bits per heavy atom. The molecule has 1 aliphatic carbocycles. The van der Waals surface area contributed by atoms with E-state index < -0.39 is 16.0 Å².